The molecule has 1 aromatic heterocycles. The molecule has 2 N–H and O–H groups in total. The monoisotopic (exact) mass is 468 g/mol. The summed E-state index contributed by atoms with van der Waals surface area (Å²) in [6.45, 7) is 4.45. The molecule has 0 amide bonds. The molecule has 1 saturated heterocycles. The lowest BCUT2D eigenvalue weighted by Gasteiger charge is -2.28. The van der Waals surface area contributed by atoms with Crippen LogP contribution in [0.15, 0.2) is 40.6 Å². The van der Waals surface area contributed by atoms with E-state index in [0.717, 1.165) is 52.9 Å². The molecule has 2 aliphatic heterocycles. The van der Waals surface area contributed by atoms with Gasteiger partial charge in [-0.05, 0) is 30.3 Å². The zero-order chi connectivity index (χ0) is 20.7. The standard InChI is InChI=1S/C22H21BrN4O3/c1-29-19-5-3-14-21(28)20(11-18-15-10-13(23)2-4-17(15)25-26-18)30-22(14)16(19)12-27-8-6-24-7-9-27/h2-5,10-11,24H,6-9,12H2,1H3,(H,25,26). The molecule has 0 saturated carbocycles. The number of aromatic amines is 1. The van der Waals surface area contributed by atoms with Gasteiger partial charge in [-0.25, -0.2) is 0 Å². The summed E-state index contributed by atoms with van der Waals surface area (Å²) in [4.78, 5) is 15.4. The molecule has 5 rings (SSSR count). The zero-order valence-electron chi connectivity index (χ0n) is 16.5. The number of fused-ring (bicyclic) bond motifs is 2. The Morgan fingerprint density at radius 3 is 2.90 bits per heavy atom. The molecule has 0 radical (unpaired) electrons. The van der Waals surface area contributed by atoms with Crippen molar-refractivity contribution in [2.45, 2.75) is 6.54 Å². The van der Waals surface area contributed by atoms with Crippen LogP contribution < -0.4 is 14.8 Å². The van der Waals surface area contributed by atoms with Gasteiger partial charge in [-0.15, -0.1) is 0 Å². The van der Waals surface area contributed by atoms with E-state index in [2.05, 4.69) is 36.3 Å². The number of benzene rings is 2. The molecule has 3 heterocycles. The third kappa shape index (κ3) is 3.40. The number of nitrogens with zero attached hydrogens (tertiary/aromatic N) is 2. The number of rotatable bonds is 4. The Kier molecular flexibility index (Phi) is 5.06. The first kappa shape index (κ1) is 19.3. The number of ketones is 1. The molecule has 30 heavy (non-hydrogen) atoms. The van der Waals surface area contributed by atoms with E-state index < -0.39 is 0 Å². The first-order valence-corrected chi connectivity index (χ1v) is 10.6. The summed E-state index contributed by atoms with van der Waals surface area (Å²) in [5.41, 5.74) is 3.03. The van der Waals surface area contributed by atoms with E-state index in [1.165, 1.54) is 0 Å². The lowest BCUT2D eigenvalue weighted by atomic mass is 10.0. The maximum absolute atomic E-state index is 13.1. The van der Waals surface area contributed by atoms with Gasteiger partial charge in [0.15, 0.2) is 5.76 Å². The minimum Gasteiger partial charge on any atom is -0.496 e. The molecular formula is C22H21BrN4O3. The number of hydrogen-bond donors (Lipinski definition) is 2. The maximum Gasteiger partial charge on any atom is 0.232 e. The number of allylic oxidation sites excluding steroid dienone is 1. The molecule has 8 heteroatoms. The van der Waals surface area contributed by atoms with Gasteiger partial charge in [-0.2, -0.15) is 5.10 Å². The van der Waals surface area contributed by atoms with Crippen molar-refractivity contribution < 1.29 is 14.3 Å². The second-order valence-corrected chi connectivity index (χ2v) is 8.30. The van der Waals surface area contributed by atoms with E-state index in [0.29, 0.717) is 23.6 Å². The van der Waals surface area contributed by atoms with Gasteiger partial charge >= 0.3 is 0 Å². The van der Waals surface area contributed by atoms with Crippen molar-refractivity contribution in [2.24, 2.45) is 0 Å². The molecule has 2 aromatic carbocycles. The first-order valence-electron chi connectivity index (χ1n) is 9.85. The average molecular weight is 469 g/mol. The fraction of sp³-hybridized carbons (Fsp3) is 0.273. The molecule has 0 bridgehead atoms. The Morgan fingerprint density at radius 2 is 2.10 bits per heavy atom. The number of halogens is 1. The summed E-state index contributed by atoms with van der Waals surface area (Å²) in [7, 11) is 1.64. The van der Waals surface area contributed by atoms with Gasteiger partial charge in [0.1, 0.15) is 11.5 Å². The second kappa shape index (κ2) is 7.86. The summed E-state index contributed by atoms with van der Waals surface area (Å²) in [6, 6.07) is 9.48. The summed E-state index contributed by atoms with van der Waals surface area (Å²) in [5, 5.41) is 11.6. The van der Waals surface area contributed by atoms with Gasteiger partial charge in [0, 0.05) is 48.7 Å². The van der Waals surface area contributed by atoms with E-state index in [4.69, 9.17) is 9.47 Å². The normalized spacial score (nSPS) is 18.1. The average Bonchev–Trinajstić information content (AvgIpc) is 3.30. The molecule has 0 aliphatic carbocycles. The van der Waals surface area contributed by atoms with E-state index in [1.807, 2.05) is 24.3 Å². The minimum absolute atomic E-state index is 0.139. The number of ether oxygens (including phenoxy) is 2. The van der Waals surface area contributed by atoms with E-state index in [-0.39, 0.29) is 11.5 Å². The van der Waals surface area contributed by atoms with Crippen molar-refractivity contribution in [3.05, 3.63) is 57.4 Å². The van der Waals surface area contributed by atoms with Crippen LogP contribution in [0.2, 0.25) is 0 Å². The second-order valence-electron chi connectivity index (χ2n) is 7.39. The van der Waals surface area contributed by atoms with Crippen LogP contribution in [0, 0.1) is 0 Å². The smallest absolute Gasteiger partial charge is 0.232 e. The maximum atomic E-state index is 13.1. The van der Waals surface area contributed by atoms with Crippen LogP contribution in [-0.2, 0) is 6.54 Å². The van der Waals surface area contributed by atoms with Gasteiger partial charge in [0.25, 0.3) is 0 Å². The van der Waals surface area contributed by atoms with Crippen molar-refractivity contribution >= 4 is 38.7 Å². The van der Waals surface area contributed by atoms with Gasteiger partial charge in [-0.1, -0.05) is 15.9 Å². The lowest BCUT2D eigenvalue weighted by molar-refractivity contribution is 0.101. The fourth-order valence-electron chi connectivity index (χ4n) is 3.96. The third-order valence-corrected chi connectivity index (χ3v) is 6.02. The number of piperazine rings is 1. The summed E-state index contributed by atoms with van der Waals surface area (Å²) in [6.07, 6.45) is 1.70. The fourth-order valence-corrected chi connectivity index (χ4v) is 4.32. The largest absolute Gasteiger partial charge is 0.496 e. The Morgan fingerprint density at radius 1 is 1.27 bits per heavy atom. The van der Waals surface area contributed by atoms with Crippen LogP contribution in [0.4, 0.5) is 0 Å². The molecule has 3 aromatic rings. The van der Waals surface area contributed by atoms with E-state index in [1.54, 1.807) is 19.3 Å². The number of carbonyl (C=O) groups excluding carboxylic acids is 1. The third-order valence-electron chi connectivity index (χ3n) is 5.53. The Labute approximate surface area is 182 Å². The number of hydrogen-bond acceptors (Lipinski definition) is 6. The number of carbonyl (C=O) groups is 1. The van der Waals surface area contributed by atoms with Crippen LogP contribution in [0.5, 0.6) is 11.5 Å². The van der Waals surface area contributed by atoms with E-state index in [9.17, 15) is 4.79 Å². The molecular weight excluding hydrogens is 448 g/mol. The molecule has 154 valence electrons. The Hall–Kier alpha value is -2.68. The SMILES string of the molecule is COc1ccc2c(c1CN1CCNCC1)OC(=Cc1n[nH]c3ccc(Br)cc13)C2=O. The van der Waals surface area contributed by atoms with Gasteiger partial charge in [0.2, 0.25) is 5.78 Å². The van der Waals surface area contributed by atoms with Gasteiger partial charge < -0.3 is 14.8 Å². The van der Waals surface area contributed by atoms with Crippen LogP contribution in [-0.4, -0.2) is 54.2 Å². The molecule has 1 fully saturated rings. The quantitative estimate of drug-likeness (QED) is 0.571. The zero-order valence-corrected chi connectivity index (χ0v) is 18.1. The molecule has 0 spiro atoms. The highest BCUT2D eigenvalue weighted by Crippen LogP contribution is 2.40. The highest BCUT2D eigenvalue weighted by Gasteiger charge is 2.32. The summed E-state index contributed by atoms with van der Waals surface area (Å²) >= 11 is 3.49. The topological polar surface area (TPSA) is 79.5 Å². The number of nitrogens with one attached hydrogen (secondary N) is 2. The number of Topliss-reactive ketones (excluding diaryl/α,β-unsaturated/α-hetero) is 1. The predicted molar refractivity (Wildman–Crippen MR) is 118 cm³/mol. The highest BCUT2D eigenvalue weighted by atomic mass is 79.9. The Balaban J connectivity index is 1.52. The number of methoxy groups -OCH3 is 1. The van der Waals surface area contributed by atoms with Crippen molar-refractivity contribution in [1.29, 1.82) is 0 Å². The lowest BCUT2D eigenvalue weighted by Crippen LogP contribution is -2.43. The van der Waals surface area contributed by atoms with Gasteiger partial charge in [0.05, 0.1) is 29.4 Å². The highest BCUT2D eigenvalue weighted by molar-refractivity contribution is 9.10. The van der Waals surface area contributed by atoms with Crippen LogP contribution in [0.3, 0.4) is 0 Å². The molecule has 0 unspecified atom stereocenters. The summed E-state index contributed by atoms with van der Waals surface area (Å²) < 4.78 is 12.6. The first-order chi connectivity index (χ1) is 14.6. The Bertz CT molecular complexity index is 1160. The summed E-state index contributed by atoms with van der Waals surface area (Å²) in [5.74, 6) is 1.45. The number of aromatic nitrogens is 2. The minimum atomic E-state index is -0.139. The van der Waals surface area contributed by atoms with E-state index >= 15 is 0 Å². The van der Waals surface area contributed by atoms with Crippen LogP contribution >= 0.6 is 15.9 Å². The predicted octanol–water partition coefficient (Wildman–Crippen LogP) is 3.36. The number of H-pyrrole nitrogens is 1. The molecule has 0 atom stereocenters. The molecule has 2 aliphatic rings. The molecule has 7 nitrogen and oxygen atoms in total. The van der Waals surface area contributed by atoms with Crippen LogP contribution in [0.25, 0.3) is 17.0 Å². The van der Waals surface area contributed by atoms with Crippen molar-refractivity contribution in [2.75, 3.05) is 33.3 Å². The van der Waals surface area contributed by atoms with Crippen molar-refractivity contribution in [3.8, 4) is 11.5 Å². The van der Waals surface area contributed by atoms with Gasteiger partial charge in [-0.3, -0.25) is 14.8 Å². The van der Waals surface area contributed by atoms with Crippen LogP contribution in [0.1, 0.15) is 21.6 Å². The van der Waals surface area contributed by atoms with Crippen molar-refractivity contribution in [1.82, 2.24) is 20.4 Å². The van der Waals surface area contributed by atoms with Crippen molar-refractivity contribution in [3.63, 3.8) is 0 Å².